The van der Waals surface area contributed by atoms with Crippen LogP contribution in [0.2, 0.25) is 0 Å². The molecule has 0 aliphatic carbocycles. The number of likely N-dealkylation sites (tertiary alicyclic amines) is 1. The summed E-state index contributed by atoms with van der Waals surface area (Å²) in [5.41, 5.74) is 6.35. The van der Waals surface area contributed by atoms with Gasteiger partial charge >= 0.3 is 6.18 Å². The van der Waals surface area contributed by atoms with Crippen molar-refractivity contribution in [3.05, 3.63) is 35.4 Å². The smallest absolute Gasteiger partial charge is 0.326 e. The molecule has 0 bridgehead atoms. The average molecular weight is 286 g/mol. The number of halogens is 3. The molecule has 0 radical (unpaired) electrons. The lowest BCUT2D eigenvalue weighted by Crippen LogP contribution is -2.43. The molecule has 0 aromatic heterocycles. The van der Waals surface area contributed by atoms with Gasteiger partial charge in [-0.2, -0.15) is 13.2 Å². The fraction of sp³-hybridized carbons (Fsp3) is 0.600. The Balaban J connectivity index is 2.30. The average Bonchev–Trinajstić information content (AvgIpc) is 2.70. The predicted octanol–water partition coefficient (Wildman–Crippen LogP) is 3.58. The molecule has 0 saturated carbocycles. The van der Waals surface area contributed by atoms with Crippen molar-refractivity contribution >= 4 is 0 Å². The second-order valence-electron chi connectivity index (χ2n) is 6.38. The van der Waals surface area contributed by atoms with Crippen LogP contribution in [0.15, 0.2) is 24.3 Å². The van der Waals surface area contributed by atoms with Gasteiger partial charge in [-0.1, -0.05) is 12.1 Å². The van der Waals surface area contributed by atoms with Crippen LogP contribution in [0.25, 0.3) is 0 Å². The zero-order chi connectivity index (χ0) is 15.1. The number of benzene rings is 1. The molecule has 0 amide bonds. The highest BCUT2D eigenvalue weighted by atomic mass is 19.4. The third kappa shape index (κ3) is 2.99. The van der Waals surface area contributed by atoms with Gasteiger partial charge in [-0.05, 0) is 44.9 Å². The Morgan fingerprint density at radius 1 is 1.10 bits per heavy atom. The highest BCUT2D eigenvalue weighted by Crippen LogP contribution is 2.37. The van der Waals surface area contributed by atoms with Crippen molar-refractivity contribution in [2.45, 2.75) is 51.0 Å². The summed E-state index contributed by atoms with van der Waals surface area (Å²) in [6.07, 6.45) is -3.43. The third-order valence-corrected chi connectivity index (χ3v) is 3.89. The second kappa shape index (κ2) is 5.04. The molecule has 2 unspecified atom stereocenters. The Morgan fingerprint density at radius 2 is 1.65 bits per heavy atom. The monoisotopic (exact) mass is 286 g/mol. The van der Waals surface area contributed by atoms with Crippen molar-refractivity contribution in [2.24, 2.45) is 5.73 Å². The van der Waals surface area contributed by atoms with Crippen LogP contribution < -0.4 is 5.73 Å². The number of nitrogens with two attached hydrogens (primary N) is 1. The molecule has 2 rings (SSSR count). The topological polar surface area (TPSA) is 29.3 Å². The van der Waals surface area contributed by atoms with Crippen LogP contribution in [0.5, 0.6) is 0 Å². The molecule has 0 spiro atoms. The zero-order valence-corrected chi connectivity index (χ0v) is 12.0. The summed E-state index contributed by atoms with van der Waals surface area (Å²) in [5.74, 6) is 0. The molecule has 1 aliphatic heterocycles. The summed E-state index contributed by atoms with van der Waals surface area (Å²) in [6, 6.07) is 5.33. The molecule has 1 heterocycles. The van der Waals surface area contributed by atoms with E-state index in [9.17, 15) is 13.2 Å². The summed E-state index contributed by atoms with van der Waals surface area (Å²) in [7, 11) is 0. The molecular formula is C15H21F3N2. The molecule has 5 heteroatoms. The normalized spacial score (nSPS) is 25.1. The van der Waals surface area contributed by atoms with Gasteiger partial charge in [0.05, 0.1) is 11.6 Å². The van der Waals surface area contributed by atoms with Crippen molar-refractivity contribution in [1.82, 2.24) is 4.90 Å². The SMILES string of the molecule is CC(C)(C)N1CCC(N)C1c1ccc(C(F)(F)F)cc1. The van der Waals surface area contributed by atoms with Crippen LogP contribution in [-0.2, 0) is 6.18 Å². The largest absolute Gasteiger partial charge is 0.416 e. The van der Waals surface area contributed by atoms with Crippen LogP contribution in [0.4, 0.5) is 13.2 Å². The first-order valence-electron chi connectivity index (χ1n) is 6.80. The van der Waals surface area contributed by atoms with Gasteiger partial charge in [-0.3, -0.25) is 4.90 Å². The van der Waals surface area contributed by atoms with Crippen molar-refractivity contribution < 1.29 is 13.2 Å². The van der Waals surface area contributed by atoms with E-state index in [1.54, 1.807) is 12.1 Å². The number of hydrogen-bond donors (Lipinski definition) is 1. The lowest BCUT2D eigenvalue weighted by molar-refractivity contribution is -0.137. The molecule has 112 valence electrons. The maximum Gasteiger partial charge on any atom is 0.416 e. The van der Waals surface area contributed by atoms with Gasteiger partial charge in [-0.15, -0.1) is 0 Å². The Morgan fingerprint density at radius 3 is 2.10 bits per heavy atom. The van der Waals surface area contributed by atoms with E-state index in [4.69, 9.17) is 5.73 Å². The van der Waals surface area contributed by atoms with E-state index < -0.39 is 11.7 Å². The van der Waals surface area contributed by atoms with Gasteiger partial charge in [0.25, 0.3) is 0 Å². The first-order chi connectivity index (χ1) is 9.10. The van der Waals surface area contributed by atoms with Crippen LogP contribution in [0, 0.1) is 0 Å². The molecule has 1 fully saturated rings. The molecule has 2 atom stereocenters. The molecular weight excluding hydrogens is 265 g/mol. The predicted molar refractivity (Wildman–Crippen MR) is 73.2 cm³/mol. The number of hydrogen-bond acceptors (Lipinski definition) is 2. The number of rotatable bonds is 1. The van der Waals surface area contributed by atoms with Gasteiger partial charge < -0.3 is 5.73 Å². The standard InChI is InChI=1S/C15H21F3N2/c1-14(2,3)20-9-8-12(19)13(20)10-4-6-11(7-5-10)15(16,17)18/h4-7,12-13H,8-9,19H2,1-3H3. The van der Waals surface area contributed by atoms with E-state index in [2.05, 4.69) is 25.7 Å². The van der Waals surface area contributed by atoms with Crippen LogP contribution in [0.3, 0.4) is 0 Å². The minimum absolute atomic E-state index is 0.0164. The van der Waals surface area contributed by atoms with Gasteiger partial charge in [0.15, 0.2) is 0 Å². The van der Waals surface area contributed by atoms with E-state index in [0.717, 1.165) is 30.7 Å². The Kier molecular flexibility index (Phi) is 3.86. The van der Waals surface area contributed by atoms with E-state index >= 15 is 0 Å². The highest BCUT2D eigenvalue weighted by molar-refractivity contribution is 5.29. The van der Waals surface area contributed by atoms with Crippen molar-refractivity contribution in [2.75, 3.05) is 6.54 Å². The van der Waals surface area contributed by atoms with Crippen LogP contribution in [0.1, 0.15) is 44.4 Å². The van der Waals surface area contributed by atoms with Gasteiger partial charge in [0, 0.05) is 18.1 Å². The Bertz CT molecular complexity index is 459. The van der Waals surface area contributed by atoms with E-state index in [0.29, 0.717) is 0 Å². The lowest BCUT2D eigenvalue weighted by atomic mass is 9.96. The minimum Gasteiger partial charge on any atom is -0.326 e. The van der Waals surface area contributed by atoms with Crippen LogP contribution in [-0.4, -0.2) is 23.0 Å². The first-order valence-corrected chi connectivity index (χ1v) is 6.80. The molecule has 2 N–H and O–H groups in total. The fourth-order valence-corrected chi connectivity index (χ4v) is 2.87. The number of nitrogens with zero attached hydrogens (tertiary/aromatic N) is 1. The second-order valence-corrected chi connectivity index (χ2v) is 6.38. The van der Waals surface area contributed by atoms with Gasteiger partial charge in [0.1, 0.15) is 0 Å². The molecule has 1 aromatic carbocycles. The molecule has 20 heavy (non-hydrogen) atoms. The first kappa shape index (κ1) is 15.3. The molecule has 2 nitrogen and oxygen atoms in total. The zero-order valence-electron chi connectivity index (χ0n) is 12.0. The van der Waals surface area contributed by atoms with E-state index in [1.165, 1.54) is 0 Å². The van der Waals surface area contributed by atoms with Crippen molar-refractivity contribution in [1.29, 1.82) is 0 Å². The van der Waals surface area contributed by atoms with Gasteiger partial charge in [-0.25, -0.2) is 0 Å². The van der Waals surface area contributed by atoms with Gasteiger partial charge in [0.2, 0.25) is 0 Å². The quantitative estimate of drug-likeness (QED) is 0.855. The molecule has 1 aromatic rings. The Labute approximate surface area is 117 Å². The van der Waals surface area contributed by atoms with Crippen LogP contribution >= 0.6 is 0 Å². The summed E-state index contributed by atoms with van der Waals surface area (Å²) >= 11 is 0. The van der Waals surface area contributed by atoms with Crippen molar-refractivity contribution in [3.63, 3.8) is 0 Å². The number of alkyl halides is 3. The molecule has 1 saturated heterocycles. The molecule has 1 aliphatic rings. The highest BCUT2D eigenvalue weighted by Gasteiger charge is 2.39. The minimum atomic E-state index is -4.29. The maximum absolute atomic E-state index is 12.6. The summed E-state index contributed by atoms with van der Waals surface area (Å²) in [6.45, 7) is 7.17. The summed E-state index contributed by atoms with van der Waals surface area (Å²) in [5, 5.41) is 0. The lowest BCUT2D eigenvalue weighted by Gasteiger charge is -2.38. The fourth-order valence-electron chi connectivity index (χ4n) is 2.87. The third-order valence-electron chi connectivity index (χ3n) is 3.89. The Hall–Kier alpha value is -1.07. The summed E-state index contributed by atoms with van der Waals surface area (Å²) in [4.78, 5) is 2.26. The maximum atomic E-state index is 12.6. The van der Waals surface area contributed by atoms with E-state index in [-0.39, 0.29) is 17.6 Å². The van der Waals surface area contributed by atoms with E-state index in [1.807, 2.05) is 0 Å². The van der Waals surface area contributed by atoms with Crippen molar-refractivity contribution in [3.8, 4) is 0 Å². The summed E-state index contributed by atoms with van der Waals surface area (Å²) < 4.78 is 37.8.